The van der Waals surface area contributed by atoms with Gasteiger partial charge in [0.1, 0.15) is 17.5 Å². The lowest BCUT2D eigenvalue weighted by Gasteiger charge is -2.31. The molecule has 0 saturated carbocycles. The van der Waals surface area contributed by atoms with Crippen molar-refractivity contribution in [3.05, 3.63) is 120 Å². The molecule has 11 nitrogen and oxygen atoms in total. The second kappa shape index (κ2) is 16.2. The molecule has 0 bridgehead atoms. The molecule has 1 aliphatic heterocycles. The number of hydrogen-bond donors (Lipinski definition) is 1. The summed E-state index contributed by atoms with van der Waals surface area (Å²) in [6.45, 7) is 1.25. The minimum Gasteiger partial charge on any atom is -0.497 e. The van der Waals surface area contributed by atoms with Gasteiger partial charge in [0.05, 0.1) is 37.5 Å². The summed E-state index contributed by atoms with van der Waals surface area (Å²) in [5.74, 6) is 0.240. The summed E-state index contributed by atoms with van der Waals surface area (Å²) in [6.07, 6.45) is 1.93. The van der Waals surface area contributed by atoms with Crippen molar-refractivity contribution in [1.82, 2.24) is 19.5 Å². The van der Waals surface area contributed by atoms with Gasteiger partial charge >= 0.3 is 0 Å². The molecule has 246 valence electrons. The van der Waals surface area contributed by atoms with Crippen molar-refractivity contribution < 1.29 is 32.2 Å². The summed E-state index contributed by atoms with van der Waals surface area (Å²) in [6, 6.07) is 27.4. The predicted octanol–water partition coefficient (Wildman–Crippen LogP) is 3.45. The largest absolute Gasteiger partial charge is 0.497 e. The molecule has 2 amide bonds. The Bertz CT molecular complexity index is 1700. The van der Waals surface area contributed by atoms with Crippen molar-refractivity contribution in [2.45, 2.75) is 30.4 Å². The number of rotatable bonds is 14. The van der Waals surface area contributed by atoms with Crippen LogP contribution >= 0.6 is 0 Å². The fourth-order valence-corrected chi connectivity index (χ4v) is 6.56. The highest BCUT2D eigenvalue weighted by Gasteiger charge is 2.31. The van der Waals surface area contributed by atoms with Gasteiger partial charge in [0.25, 0.3) is 5.91 Å². The number of ether oxygens (including phenoxy) is 3. The lowest BCUT2D eigenvalue weighted by atomic mass is 10.0. The number of amides is 2. The van der Waals surface area contributed by atoms with Gasteiger partial charge in [-0.15, -0.1) is 0 Å². The smallest absolute Gasteiger partial charge is 0.261 e. The minimum absolute atomic E-state index is 0.131. The Balaban J connectivity index is 1.36. The van der Waals surface area contributed by atoms with Crippen molar-refractivity contribution in [3.63, 3.8) is 0 Å². The lowest BCUT2D eigenvalue weighted by molar-refractivity contribution is -0.142. The first-order valence-corrected chi connectivity index (χ1v) is 16.7. The highest BCUT2D eigenvalue weighted by molar-refractivity contribution is 7.89. The van der Waals surface area contributed by atoms with E-state index < -0.39 is 22.0 Å². The summed E-state index contributed by atoms with van der Waals surface area (Å²) in [5, 5.41) is 2.95. The number of carbonyl (C=O) groups is 2. The second-order valence-electron chi connectivity index (χ2n) is 10.9. The Morgan fingerprint density at radius 2 is 1.57 bits per heavy atom. The molecule has 1 N–H and O–H groups in total. The molecule has 47 heavy (non-hydrogen) atoms. The Hall–Kier alpha value is -4.78. The van der Waals surface area contributed by atoms with Crippen LogP contribution in [0.2, 0.25) is 0 Å². The standard InChI is InChI=1S/C35H38N4O7S/c1-44-30-12-10-28(11-13-30)25-39(33(23-27-7-3-2-4-8-27)35(41)37-24-29-9-5-6-18-36-29)34(40)26-46-31-14-16-32(17-15-31)47(42,43)38-19-21-45-22-20-38/h2-18,33H,19-26H2,1H3,(H,37,41)/t33-/m1/s1. The zero-order valence-corrected chi connectivity index (χ0v) is 27.0. The van der Waals surface area contributed by atoms with Gasteiger partial charge in [-0.2, -0.15) is 4.31 Å². The summed E-state index contributed by atoms with van der Waals surface area (Å²) in [5.41, 5.74) is 2.37. The zero-order valence-electron chi connectivity index (χ0n) is 26.2. The highest BCUT2D eigenvalue weighted by atomic mass is 32.2. The molecule has 1 aromatic heterocycles. The van der Waals surface area contributed by atoms with Crippen LogP contribution in [0.15, 0.2) is 108 Å². The Kier molecular flexibility index (Phi) is 11.6. The first-order valence-electron chi connectivity index (χ1n) is 15.3. The van der Waals surface area contributed by atoms with Crippen LogP contribution < -0.4 is 14.8 Å². The van der Waals surface area contributed by atoms with E-state index in [2.05, 4.69) is 10.3 Å². The van der Waals surface area contributed by atoms with E-state index in [1.807, 2.05) is 54.6 Å². The van der Waals surface area contributed by atoms with Gasteiger partial charge in [-0.05, 0) is 59.7 Å². The number of sulfonamides is 1. The van der Waals surface area contributed by atoms with Crippen LogP contribution in [-0.2, 0) is 43.9 Å². The van der Waals surface area contributed by atoms with Crippen molar-refractivity contribution in [3.8, 4) is 11.5 Å². The number of aromatic nitrogens is 1. The highest BCUT2D eigenvalue weighted by Crippen LogP contribution is 2.22. The molecule has 5 rings (SSSR count). The van der Waals surface area contributed by atoms with E-state index in [-0.39, 0.29) is 36.9 Å². The SMILES string of the molecule is COc1ccc(CN(C(=O)COc2ccc(S(=O)(=O)N3CCOCC3)cc2)[C@H](Cc2ccccc2)C(=O)NCc2ccccn2)cc1. The molecule has 1 aliphatic rings. The third kappa shape index (κ3) is 9.16. The van der Waals surface area contributed by atoms with E-state index in [0.29, 0.717) is 43.5 Å². The average Bonchev–Trinajstić information content (AvgIpc) is 3.12. The number of morpholine rings is 1. The van der Waals surface area contributed by atoms with Gasteiger partial charge in [0.15, 0.2) is 6.61 Å². The molecule has 2 heterocycles. The van der Waals surface area contributed by atoms with Gasteiger partial charge in [0, 0.05) is 32.3 Å². The van der Waals surface area contributed by atoms with Crippen molar-refractivity contribution >= 4 is 21.8 Å². The van der Waals surface area contributed by atoms with Crippen LogP contribution in [0.25, 0.3) is 0 Å². The van der Waals surface area contributed by atoms with E-state index in [0.717, 1.165) is 11.1 Å². The molecule has 0 radical (unpaired) electrons. The average molecular weight is 659 g/mol. The Morgan fingerprint density at radius 1 is 0.894 bits per heavy atom. The molecule has 0 spiro atoms. The number of hydrogen-bond acceptors (Lipinski definition) is 8. The predicted molar refractivity (Wildman–Crippen MR) is 175 cm³/mol. The molecular weight excluding hydrogens is 620 g/mol. The number of benzene rings is 3. The number of nitrogens with one attached hydrogen (secondary N) is 1. The third-order valence-corrected chi connectivity index (χ3v) is 9.66. The quantitative estimate of drug-likeness (QED) is 0.218. The second-order valence-corrected chi connectivity index (χ2v) is 12.8. The van der Waals surface area contributed by atoms with E-state index in [1.165, 1.54) is 33.5 Å². The Morgan fingerprint density at radius 3 is 2.23 bits per heavy atom. The minimum atomic E-state index is -3.67. The van der Waals surface area contributed by atoms with Crippen LogP contribution in [-0.4, -0.2) is 80.5 Å². The molecule has 0 unspecified atom stereocenters. The number of carbonyl (C=O) groups excluding carboxylic acids is 2. The molecule has 1 saturated heterocycles. The normalized spacial score (nSPS) is 14.1. The fourth-order valence-electron chi connectivity index (χ4n) is 5.15. The number of pyridine rings is 1. The van der Waals surface area contributed by atoms with Gasteiger partial charge in [0.2, 0.25) is 15.9 Å². The van der Waals surface area contributed by atoms with E-state index in [9.17, 15) is 18.0 Å². The van der Waals surface area contributed by atoms with Gasteiger partial charge in [-0.1, -0.05) is 48.5 Å². The summed E-state index contributed by atoms with van der Waals surface area (Å²) in [7, 11) is -2.10. The van der Waals surface area contributed by atoms with Gasteiger partial charge in [-0.25, -0.2) is 8.42 Å². The monoisotopic (exact) mass is 658 g/mol. The lowest BCUT2D eigenvalue weighted by Crippen LogP contribution is -2.51. The molecule has 1 atom stereocenters. The first-order chi connectivity index (χ1) is 22.8. The van der Waals surface area contributed by atoms with Crippen molar-refractivity contribution in [2.24, 2.45) is 0 Å². The van der Waals surface area contributed by atoms with Crippen LogP contribution in [0.1, 0.15) is 16.8 Å². The summed E-state index contributed by atoms with van der Waals surface area (Å²) in [4.78, 5) is 33.7. The summed E-state index contributed by atoms with van der Waals surface area (Å²) < 4.78 is 43.9. The maximum absolute atomic E-state index is 14.0. The molecule has 4 aromatic rings. The first kappa shape index (κ1) is 33.6. The van der Waals surface area contributed by atoms with E-state index >= 15 is 0 Å². The van der Waals surface area contributed by atoms with Crippen LogP contribution in [0.5, 0.6) is 11.5 Å². The summed E-state index contributed by atoms with van der Waals surface area (Å²) >= 11 is 0. The molecule has 3 aromatic carbocycles. The van der Waals surface area contributed by atoms with Gasteiger partial charge in [-0.3, -0.25) is 14.6 Å². The van der Waals surface area contributed by atoms with Gasteiger partial charge < -0.3 is 24.4 Å². The molecule has 0 aliphatic carbocycles. The van der Waals surface area contributed by atoms with Crippen molar-refractivity contribution in [1.29, 1.82) is 0 Å². The van der Waals surface area contributed by atoms with E-state index in [1.54, 1.807) is 31.5 Å². The van der Waals surface area contributed by atoms with Crippen molar-refractivity contribution in [2.75, 3.05) is 40.0 Å². The van der Waals surface area contributed by atoms with Crippen LogP contribution in [0.3, 0.4) is 0 Å². The fraction of sp³-hybridized carbons (Fsp3) is 0.286. The maximum atomic E-state index is 14.0. The Labute approximate surface area is 275 Å². The molecule has 12 heteroatoms. The van der Waals surface area contributed by atoms with Crippen LogP contribution in [0.4, 0.5) is 0 Å². The van der Waals surface area contributed by atoms with Crippen LogP contribution in [0, 0.1) is 0 Å². The number of methoxy groups -OCH3 is 1. The molecular formula is C35H38N4O7S. The zero-order chi connectivity index (χ0) is 33.1. The van der Waals surface area contributed by atoms with E-state index in [4.69, 9.17) is 14.2 Å². The maximum Gasteiger partial charge on any atom is 0.261 e. The topological polar surface area (TPSA) is 127 Å². The third-order valence-electron chi connectivity index (χ3n) is 7.75. The molecule has 1 fully saturated rings. The number of nitrogens with zero attached hydrogens (tertiary/aromatic N) is 3.